The van der Waals surface area contributed by atoms with Gasteiger partial charge in [0.1, 0.15) is 0 Å². The number of esters is 1. The molecule has 1 N–H and O–H groups in total. The van der Waals surface area contributed by atoms with E-state index < -0.39 is 12.1 Å². The van der Waals surface area contributed by atoms with Gasteiger partial charge in [0.05, 0.1) is 10.6 Å². The van der Waals surface area contributed by atoms with Gasteiger partial charge in [0.15, 0.2) is 6.10 Å². The molecule has 0 saturated carbocycles. The van der Waals surface area contributed by atoms with E-state index in [4.69, 9.17) is 16.3 Å². The first-order valence-electron chi connectivity index (χ1n) is 5.39. The summed E-state index contributed by atoms with van der Waals surface area (Å²) in [5, 5.41) is 2.85. The van der Waals surface area contributed by atoms with Crippen LogP contribution in [-0.4, -0.2) is 24.5 Å². The first kappa shape index (κ1) is 15.0. The molecule has 0 spiro atoms. The van der Waals surface area contributed by atoms with Gasteiger partial charge >= 0.3 is 5.97 Å². The van der Waals surface area contributed by atoms with E-state index in [-0.39, 0.29) is 16.5 Å². The van der Waals surface area contributed by atoms with Crippen molar-refractivity contribution in [1.29, 1.82) is 0 Å². The molecule has 1 aromatic carbocycles. The predicted octanol–water partition coefficient (Wildman–Crippen LogP) is 2.78. The van der Waals surface area contributed by atoms with Crippen LogP contribution in [0.5, 0.6) is 0 Å². The molecule has 0 unspecified atom stereocenters. The molecule has 0 bridgehead atoms. The lowest BCUT2D eigenvalue weighted by molar-refractivity contribution is -0.128. The Hall–Kier alpha value is -1.07. The summed E-state index contributed by atoms with van der Waals surface area (Å²) in [6.07, 6.45) is -0.854. The zero-order valence-corrected chi connectivity index (χ0v) is 12.3. The Kier molecular flexibility index (Phi) is 5.62. The number of ether oxygens (including phenoxy) is 1. The molecule has 4 nitrogen and oxygen atoms in total. The number of benzene rings is 1. The second kappa shape index (κ2) is 6.75. The van der Waals surface area contributed by atoms with E-state index in [1.165, 1.54) is 6.92 Å². The van der Waals surface area contributed by atoms with Crippen molar-refractivity contribution >= 4 is 39.4 Å². The predicted molar refractivity (Wildman–Crippen MR) is 72.7 cm³/mol. The minimum absolute atomic E-state index is 0.224. The minimum Gasteiger partial charge on any atom is -0.449 e. The van der Waals surface area contributed by atoms with Crippen molar-refractivity contribution in [3.8, 4) is 0 Å². The molecule has 0 radical (unpaired) electrons. The number of carbonyl (C=O) groups is 2. The standard InChI is InChI=1S/C12H13BrClNO3/c1-3-15-11(16)7(2)18-12(17)9-6-8(13)4-5-10(9)14/h4-7H,3H2,1-2H3,(H,15,16)/t7-/m0/s1. The van der Waals surface area contributed by atoms with Crippen molar-refractivity contribution in [3.63, 3.8) is 0 Å². The van der Waals surface area contributed by atoms with Crippen molar-refractivity contribution < 1.29 is 14.3 Å². The van der Waals surface area contributed by atoms with Crippen LogP contribution in [0.2, 0.25) is 5.02 Å². The monoisotopic (exact) mass is 333 g/mol. The second-order valence-corrected chi connectivity index (χ2v) is 4.89. The molecule has 0 heterocycles. The number of rotatable bonds is 4. The van der Waals surface area contributed by atoms with Gasteiger partial charge in [-0.15, -0.1) is 0 Å². The highest BCUT2D eigenvalue weighted by molar-refractivity contribution is 9.10. The molecular formula is C12H13BrClNO3. The highest BCUT2D eigenvalue weighted by atomic mass is 79.9. The zero-order valence-electron chi connectivity index (χ0n) is 10.00. The topological polar surface area (TPSA) is 55.4 Å². The third-order valence-corrected chi connectivity index (χ3v) is 2.98. The summed E-state index contributed by atoms with van der Waals surface area (Å²) >= 11 is 9.13. The lowest BCUT2D eigenvalue weighted by Crippen LogP contribution is -2.35. The van der Waals surface area contributed by atoms with Crippen molar-refractivity contribution in [2.75, 3.05) is 6.54 Å². The summed E-state index contributed by atoms with van der Waals surface area (Å²) in [5.74, 6) is -0.961. The van der Waals surface area contributed by atoms with E-state index >= 15 is 0 Å². The molecule has 0 aliphatic carbocycles. The van der Waals surface area contributed by atoms with Gasteiger partial charge in [-0.1, -0.05) is 27.5 Å². The quantitative estimate of drug-likeness (QED) is 0.862. The van der Waals surface area contributed by atoms with Crippen molar-refractivity contribution in [3.05, 3.63) is 33.3 Å². The number of amides is 1. The smallest absolute Gasteiger partial charge is 0.340 e. The largest absolute Gasteiger partial charge is 0.449 e. The van der Waals surface area contributed by atoms with Gasteiger partial charge in [0, 0.05) is 11.0 Å². The SMILES string of the molecule is CCNC(=O)[C@H](C)OC(=O)c1cc(Br)ccc1Cl. The summed E-state index contributed by atoms with van der Waals surface area (Å²) in [7, 11) is 0. The van der Waals surface area contributed by atoms with Crippen LogP contribution in [0, 0.1) is 0 Å². The average molecular weight is 335 g/mol. The molecular weight excluding hydrogens is 321 g/mol. The first-order valence-corrected chi connectivity index (χ1v) is 6.56. The Morgan fingerprint density at radius 3 is 2.78 bits per heavy atom. The Bertz CT molecular complexity index is 465. The molecule has 1 rings (SSSR count). The van der Waals surface area contributed by atoms with Crippen molar-refractivity contribution in [2.24, 2.45) is 0 Å². The molecule has 0 fully saturated rings. The van der Waals surface area contributed by atoms with Crippen LogP contribution in [0.4, 0.5) is 0 Å². The summed E-state index contributed by atoms with van der Waals surface area (Å²) in [6, 6.07) is 4.85. The number of hydrogen-bond donors (Lipinski definition) is 1. The Balaban J connectivity index is 2.76. The first-order chi connectivity index (χ1) is 8.45. The highest BCUT2D eigenvalue weighted by Crippen LogP contribution is 2.22. The van der Waals surface area contributed by atoms with Crippen molar-refractivity contribution in [1.82, 2.24) is 5.32 Å². The second-order valence-electron chi connectivity index (χ2n) is 3.57. The maximum atomic E-state index is 11.8. The van der Waals surface area contributed by atoms with Crippen LogP contribution in [-0.2, 0) is 9.53 Å². The third kappa shape index (κ3) is 3.99. The number of likely N-dealkylation sites (N-methyl/N-ethyl adjacent to an activating group) is 1. The third-order valence-electron chi connectivity index (χ3n) is 2.15. The summed E-state index contributed by atoms with van der Waals surface area (Å²) < 4.78 is 5.74. The van der Waals surface area contributed by atoms with Crippen LogP contribution < -0.4 is 5.32 Å². The fourth-order valence-electron chi connectivity index (χ4n) is 1.25. The van der Waals surface area contributed by atoms with Crippen LogP contribution in [0.25, 0.3) is 0 Å². The van der Waals surface area contributed by atoms with Gasteiger partial charge in [-0.25, -0.2) is 4.79 Å². The van der Waals surface area contributed by atoms with E-state index in [2.05, 4.69) is 21.2 Å². The summed E-state index contributed by atoms with van der Waals surface area (Å²) in [4.78, 5) is 23.3. The van der Waals surface area contributed by atoms with E-state index in [1.54, 1.807) is 25.1 Å². The molecule has 0 saturated heterocycles. The van der Waals surface area contributed by atoms with Gasteiger partial charge in [-0.05, 0) is 32.0 Å². The van der Waals surface area contributed by atoms with Gasteiger partial charge in [-0.3, -0.25) is 4.79 Å². The number of hydrogen-bond acceptors (Lipinski definition) is 3. The Labute approximate surface area is 119 Å². The molecule has 0 aliphatic rings. The van der Waals surface area contributed by atoms with Gasteiger partial charge in [0.25, 0.3) is 5.91 Å². The molecule has 1 aromatic rings. The molecule has 6 heteroatoms. The highest BCUT2D eigenvalue weighted by Gasteiger charge is 2.20. The van der Waals surface area contributed by atoms with E-state index in [1.807, 2.05) is 0 Å². The minimum atomic E-state index is -0.854. The Morgan fingerprint density at radius 2 is 2.17 bits per heavy atom. The van der Waals surface area contributed by atoms with Crippen LogP contribution in [0.15, 0.2) is 22.7 Å². The zero-order chi connectivity index (χ0) is 13.7. The lowest BCUT2D eigenvalue weighted by atomic mass is 10.2. The Morgan fingerprint density at radius 1 is 1.50 bits per heavy atom. The van der Waals surface area contributed by atoms with E-state index in [9.17, 15) is 9.59 Å². The summed E-state index contributed by atoms with van der Waals surface area (Å²) in [5.41, 5.74) is 0.224. The molecule has 18 heavy (non-hydrogen) atoms. The van der Waals surface area contributed by atoms with Gasteiger partial charge in [-0.2, -0.15) is 0 Å². The average Bonchev–Trinajstić information content (AvgIpc) is 2.32. The normalized spacial score (nSPS) is 11.8. The fourth-order valence-corrected chi connectivity index (χ4v) is 1.81. The number of nitrogens with one attached hydrogen (secondary N) is 1. The summed E-state index contributed by atoms with van der Waals surface area (Å²) in [6.45, 7) is 3.78. The van der Waals surface area contributed by atoms with Crippen LogP contribution in [0.1, 0.15) is 24.2 Å². The molecule has 98 valence electrons. The molecule has 1 atom stereocenters. The fraction of sp³-hybridized carbons (Fsp3) is 0.333. The molecule has 0 aromatic heterocycles. The maximum Gasteiger partial charge on any atom is 0.340 e. The van der Waals surface area contributed by atoms with Gasteiger partial charge < -0.3 is 10.1 Å². The number of halogens is 2. The lowest BCUT2D eigenvalue weighted by Gasteiger charge is -2.13. The molecule has 0 aliphatic heterocycles. The van der Waals surface area contributed by atoms with Crippen LogP contribution in [0.3, 0.4) is 0 Å². The molecule has 1 amide bonds. The van der Waals surface area contributed by atoms with Crippen LogP contribution >= 0.6 is 27.5 Å². The van der Waals surface area contributed by atoms with Gasteiger partial charge in [0.2, 0.25) is 0 Å². The maximum absolute atomic E-state index is 11.8. The van der Waals surface area contributed by atoms with E-state index in [0.29, 0.717) is 11.0 Å². The van der Waals surface area contributed by atoms with E-state index in [0.717, 1.165) is 0 Å². The van der Waals surface area contributed by atoms with Crippen molar-refractivity contribution in [2.45, 2.75) is 20.0 Å². The number of carbonyl (C=O) groups excluding carboxylic acids is 2.